The predicted octanol–water partition coefficient (Wildman–Crippen LogP) is 3.41. The molecule has 2 fully saturated rings. The van der Waals surface area contributed by atoms with Gasteiger partial charge in [0.15, 0.2) is 0 Å². The highest BCUT2D eigenvalue weighted by molar-refractivity contribution is 5.12. The van der Waals surface area contributed by atoms with Gasteiger partial charge in [0.2, 0.25) is 0 Å². The number of rotatable bonds is 5. The first kappa shape index (κ1) is 15.3. The zero-order valence-corrected chi connectivity index (χ0v) is 13.7. The maximum absolute atomic E-state index is 6.08. The van der Waals surface area contributed by atoms with Gasteiger partial charge in [0.25, 0.3) is 0 Å². The molecule has 0 heterocycles. The zero-order chi connectivity index (χ0) is 14.3. The molecule has 0 unspecified atom stereocenters. The Morgan fingerprint density at radius 3 is 2.00 bits per heavy atom. The van der Waals surface area contributed by atoms with Crippen LogP contribution >= 0.6 is 0 Å². The van der Waals surface area contributed by atoms with Crippen LogP contribution in [0.2, 0.25) is 0 Å². The summed E-state index contributed by atoms with van der Waals surface area (Å²) in [4.78, 5) is 0. The molecule has 0 aromatic rings. The molecule has 0 aromatic heterocycles. The molecule has 0 saturated heterocycles. The van der Waals surface area contributed by atoms with Crippen molar-refractivity contribution in [3.05, 3.63) is 0 Å². The predicted molar refractivity (Wildman–Crippen MR) is 83.0 cm³/mol. The van der Waals surface area contributed by atoms with Gasteiger partial charge in [0.1, 0.15) is 0 Å². The van der Waals surface area contributed by atoms with Crippen LogP contribution in [0.25, 0.3) is 0 Å². The van der Waals surface area contributed by atoms with E-state index >= 15 is 0 Å². The lowest BCUT2D eigenvalue weighted by atomic mass is 9.71. The van der Waals surface area contributed by atoms with Gasteiger partial charge in [-0.25, -0.2) is 0 Å². The lowest BCUT2D eigenvalue weighted by Crippen LogP contribution is -2.43. The van der Waals surface area contributed by atoms with Crippen molar-refractivity contribution in [3.8, 4) is 0 Å². The molecule has 112 valence electrons. The van der Waals surface area contributed by atoms with E-state index in [2.05, 4.69) is 39.9 Å². The first-order chi connectivity index (χ1) is 8.75. The topological polar surface area (TPSA) is 38.0 Å². The number of hydrogen-bond donors (Lipinski definition) is 2. The van der Waals surface area contributed by atoms with Gasteiger partial charge in [0.05, 0.1) is 0 Å². The van der Waals surface area contributed by atoms with Gasteiger partial charge in [0, 0.05) is 6.54 Å². The molecule has 3 N–H and O–H groups in total. The third-order valence-electron chi connectivity index (χ3n) is 6.94. The van der Waals surface area contributed by atoms with Gasteiger partial charge in [-0.05, 0) is 54.0 Å². The number of nitrogens with two attached hydrogens (primary N) is 1. The Hall–Kier alpha value is -0.0800. The fourth-order valence-corrected chi connectivity index (χ4v) is 4.15. The van der Waals surface area contributed by atoms with Crippen molar-refractivity contribution in [3.63, 3.8) is 0 Å². The number of nitrogens with one attached hydrogen (secondary N) is 1. The number of hydrogen-bond acceptors (Lipinski definition) is 2. The molecule has 0 spiro atoms. The van der Waals surface area contributed by atoms with E-state index in [-0.39, 0.29) is 0 Å². The van der Waals surface area contributed by atoms with Crippen molar-refractivity contribution in [1.29, 1.82) is 0 Å². The van der Waals surface area contributed by atoms with Crippen LogP contribution in [-0.2, 0) is 0 Å². The molecule has 0 aliphatic heterocycles. The molecule has 2 rings (SSSR count). The summed E-state index contributed by atoms with van der Waals surface area (Å²) in [6, 6.07) is 0. The van der Waals surface area contributed by atoms with Gasteiger partial charge in [-0.3, -0.25) is 0 Å². The molecule has 2 saturated carbocycles. The summed E-state index contributed by atoms with van der Waals surface area (Å²) in [6.45, 7) is 15.1. The van der Waals surface area contributed by atoms with Crippen molar-refractivity contribution >= 4 is 0 Å². The summed E-state index contributed by atoms with van der Waals surface area (Å²) in [6.07, 6.45) is 5.35. The highest BCUT2D eigenvalue weighted by atomic mass is 14.9. The van der Waals surface area contributed by atoms with Crippen LogP contribution in [0.4, 0.5) is 0 Å². The summed E-state index contributed by atoms with van der Waals surface area (Å²) in [5.41, 5.74) is 7.46. The zero-order valence-electron chi connectivity index (χ0n) is 13.7. The van der Waals surface area contributed by atoms with Gasteiger partial charge >= 0.3 is 0 Å². The molecule has 0 amide bonds. The Balaban J connectivity index is 1.79. The minimum absolute atomic E-state index is 0.385. The van der Waals surface area contributed by atoms with Gasteiger partial charge in [-0.1, -0.05) is 47.5 Å². The maximum Gasteiger partial charge on any atom is 0.00200 e. The highest BCUT2D eigenvalue weighted by Crippen LogP contribution is 2.67. The van der Waals surface area contributed by atoms with E-state index in [0.717, 1.165) is 31.5 Å². The fourth-order valence-electron chi connectivity index (χ4n) is 4.15. The minimum Gasteiger partial charge on any atom is -0.330 e. The maximum atomic E-state index is 6.08. The van der Waals surface area contributed by atoms with E-state index in [0.29, 0.717) is 16.2 Å². The van der Waals surface area contributed by atoms with Crippen molar-refractivity contribution in [2.75, 3.05) is 19.6 Å². The van der Waals surface area contributed by atoms with E-state index in [1.807, 2.05) is 0 Å². The second kappa shape index (κ2) is 5.04. The summed E-state index contributed by atoms with van der Waals surface area (Å²) in [7, 11) is 0. The Bertz CT molecular complexity index is 297. The Labute approximate surface area is 119 Å². The molecular weight excluding hydrogens is 232 g/mol. The third kappa shape index (κ3) is 2.71. The van der Waals surface area contributed by atoms with Gasteiger partial charge in [-0.2, -0.15) is 0 Å². The van der Waals surface area contributed by atoms with Crippen LogP contribution in [0.3, 0.4) is 0 Å². The molecule has 0 atom stereocenters. The highest BCUT2D eigenvalue weighted by Gasteiger charge is 2.63. The van der Waals surface area contributed by atoms with Crippen LogP contribution in [0.5, 0.6) is 0 Å². The SMILES string of the molecule is CC1CCC(CN)(CNCC2C(C)(C)C2(C)C)CC1. The van der Waals surface area contributed by atoms with Crippen molar-refractivity contribution in [2.24, 2.45) is 33.8 Å². The largest absolute Gasteiger partial charge is 0.330 e. The second-order valence-corrected chi connectivity index (χ2v) is 8.51. The smallest absolute Gasteiger partial charge is 0.00200 e. The molecule has 0 radical (unpaired) electrons. The fraction of sp³-hybridized carbons (Fsp3) is 1.00. The average molecular weight is 266 g/mol. The summed E-state index contributed by atoms with van der Waals surface area (Å²) < 4.78 is 0. The second-order valence-electron chi connectivity index (χ2n) is 8.51. The van der Waals surface area contributed by atoms with Crippen LogP contribution in [0.15, 0.2) is 0 Å². The van der Waals surface area contributed by atoms with Crippen molar-refractivity contribution < 1.29 is 0 Å². The molecule has 0 bridgehead atoms. The lowest BCUT2D eigenvalue weighted by Gasteiger charge is -2.39. The first-order valence-corrected chi connectivity index (χ1v) is 8.16. The molecule has 2 aliphatic rings. The van der Waals surface area contributed by atoms with Crippen LogP contribution in [-0.4, -0.2) is 19.6 Å². The van der Waals surface area contributed by atoms with E-state index in [1.54, 1.807) is 0 Å². The van der Waals surface area contributed by atoms with Crippen molar-refractivity contribution in [2.45, 2.75) is 60.3 Å². The standard InChI is InChI=1S/C17H34N2/c1-13-6-8-17(11-18,9-7-13)12-19-10-14-15(2,3)16(14,4)5/h13-14,19H,6-12,18H2,1-5H3. The third-order valence-corrected chi connectivity index (χ3v) is 6.94. The molecule has 0 aromatic carbocycles. The van der Waals surface area contributed by atoms with Gasteiger partial charge < -0.3 is 11.1 Å². The first-order valence-electron chi connectivity index (χ1n) is 8.16. The average Bonchev–Trinajstić information content (AvgIpc) is 2.74. The minimum atomic E-state index is 0.385. The quantitative estimate of drug-likeness (QED) is 0.800. The lowest BCUT2D eigenvalue weighted by molar-refractivity contribution is 0.158. The van der Waals surface area contributed by atoms with Gasteiger partial charge in [-0.15, -0.1) is 0 Å². The van der Waals surface area contributed by atoms with E-state index in [1.165, 1.54) is 25.7 Å². The molecule has 2 aliphatic carbocycles. The monoisotopic (exact) mass is 266 g/mol. The van der Waals surface area contributed by atoms with Crippen LogP contribution in [0.1, 0.15) is 60.3 Å². The summed E-state index contributed by atoms with van der Waals surface area (Å²) in [5.74, 6) is 1.72. The molecule has 19 heavy (non-hydrogen) atoms. The Morgan fingerprint density at radius 2 is 1.58 bits per heavy atom. The molecule has 2 nitrogen and oxygen atoms in total. The summed E-state index contributed by atoms with van der Waals surface area (Å²) in [5, 5.41) is 3.75. The summed E-state index contributed by atoms with van der Waals surface area (Å²) >= 11 is 0. The van der Waals surface area contributed by atoms with Crippen LogP contribution < -0.4 is 11.1 Å². The van der Waals surface area contributed by atoms with E-state index < -0.39 is 0 Å². The Morgan fingerprint density at radius 1 is 1.05 bits per heavy atom. The molecule has 2 heteroatoms. The van der Waals surface area contributed by atoms with Crippen LogP contribution in [0, 0.1) is 28.1 Å². The van der Waals surface area contributed by atoms with Crippen molar-refractivity contribution in [1.82, 2.24) is 5.32 Å². The molecular formula is C17H34N2. The van der Waals surface area contributed by atoms with E-state index in [4.69, 9.17) is 5.73 Å². The van der Waals surface area contributed by atoms with E-state index in [9.17, 15) is 0 Å². The normalized spacial score (nSPS) is 37.3. The Kier molecular flexibility index (Phi) is 4.06.